The molecule has 2 aromatic carbocycles. The Kier molecular flexibility index (Phi) is 4.12. The van der Waals surface area contributed by atoms with E-state index in [1.54, 1.807) is 0 Å². The van der Waals surface area contributed by atoms with E-state index in [9.17, 15) is 13.2 Å². The number of amides is 1. The Labute approximate surface area is 137 Å². The number of carbonyl (C=O) groups is 1. The SMILES string of the molecule is NC(=O)c1ccc(S(=O)(=O)NCc2nc3ccccc3s2)cc1. The highest BCUT2D eigenvalue weighted by Crippen LogP contribution is 2.21. The highest BCUT2D eigenvalue weighted by Gasteiger charge is 2.15. The van der Waals surface area contributed by atoms with Gasteiger partial charge >= 0.3 is 0 Å². The van der Waals surface area contributed by atoms with Crippen LogP contribution in [0, 0.1) is 0 Å². The number of carbonyl (C=O) groups excluding carboxylic acids is 1. The summed E-state index contributed by atoms with van der Waals surface area (Å²) in [5.74, 6) is -0.601. The van der Waals surface area contributed by atoms with E-state index in [0.717, 1.165) is 10.2 Å². The molecule has 0 saturated heterocycles. The van der Waals surface area contributed by atoms with Gasteiger partial charge in [0.05, 0.1) is 21.7 Å². The minimum Gasteiger partial charge on any atom is -0.366 e. The van der Waals surface area contributed by atoms with E-state index in [1.807, 2.05) is 24.3 Å². The fourth-order valence-corrected chi connectivity index (χ4v) is 4.02. The molecule has 0 spiro atoms. The molecule has 3 rings (SSSR count). The predicted octanol–water partition coefficient (Wildman–Crippen LogP) is 1.87. The molecule has 118 valence electrons. The summed E-state index contributed by atoms with van der Waals surface area (Å²) in [4.78, 5) is 15.5. The third-order valence-electron chi connectivity index (χ3n) is 3.20. The van der Waals surface area contributed by atoms with Crippen molar-refractivity contribution >= 4 is 37.5 Å². The molecule has 1 amide bonds. The van der Waals surface area contributed by atoms with Gasteiger partial charge in [-0.15, -0.1) is 11.3 Å². The molecule has 1 aromatic heterocycles. The van der Waals surface area contributed by atoms with E-state index >= 15 is 0 Å². The summed E-state index contributed by atoms with van der Waals surface area (Å²) >= 11 is 1.44. The van der Waals surface area contributed by atoms with Crippen molar-refractivity contribution in [2.24, 2.45) is 5.73 Å². The van der Waals surface area contributed by atoms with Gasteiger partial charge < -0.3 is 5.73 Å². The third kappa shape index (κ3) is 3.39. The van der Waals surface area contributed by atoms with E-state index in [0.29, 0.717) is 5.01 Å². The van der Waals surface area contributed by atoms with Crippen molar-refractivity contribution in [2.45, 2.75) is 11.4 Å². The standard InChI is InChI=1S/C15H13N3O3S2/c16-15(19)10-5-7-11(8-6-10)23(20,21)17-9-14-18-12-3-1-2-4-13(12)22-14/h1-8,17H,9H2,(H2,16,19). The van der Waals surface area contributed by atoms with Crippen molar-refractivity contribution in [3.63, 3.8) is 0 Å². The van der Waals surface area contributed by atoms with Crippen LogP contribution in [-0.4, -0.2) is 19.3 Å². The van der Waals surface area contributed by atoms with Crippen molar-refractivity contribution in [3.8, 4) is 0 Å². The Balaban J connectivity index is 1.76. The molecule has 8 heteroatoms. The van der Waals surface area contributed by atoms with Gasteiger partial charge in [0.15, 0.2) is 0 Å². The third-order valence-corrected chi connectivity index (χ3v) is 5.65. The van der Waals surface area contributed by atoms with Crippen molar-refractivity contribution in [2.75, 3.05) is 0 Å². The number of sulfonamides is 1. The van der Waals surface area contributed by atoms with Gasteiger partial charge in [0.2, 0.25) is 15.9 Å². The molecule has 1 heterocycles. The normalized spacial score (nSPS) is 11.7. The van der Waals surface area contributed by atoms with Gasteiger partial charge in [-0.3, -0.25) is 4.79 Å². The summed E-state index contributed by atoms with van der Waals surface area (Å²) in [6, 6.07) is 13.1. The van der Waals surface area contributed by atoms with Crippen molar-refractivity contribution in [1.82, 2.24) is 9.71 Å². The summed E-state index contributed by atoms with van der Waals surface area (Å²) in [6.07, 6.45) is 0. The van der Waals surface area contributed by atoms with E-state index in [-0.39, 0.29) is 17.0 Å². The quantitative estimate of drug-likeness (QED) is 0.735. The number of hydrogen-bond acceptors (Lipinski definition) is 5. The highest BCUT2D eigenvalue weighted by atomic mass is 32.2. The van der Waals surface area contributed by atoms with Crippen molar-refractivity contribution in [3.05, 3.63) is 59.1 Å². The van der Waals surface area contributed by atoms with Gasteiger partial charge in [-0.2, -0.15) is 0 Å². The van der Waals surface area contributed by atoms with Crippen LogP contribution in [0.15, 0.2) is 53.4 Å². The van der Waals surface area contributed by atoms with Crippen LogP contribution in [0.3, 0.4) is 0 Å². The fourth-order valence-electron chi connectivity index (χ4n) is 2.03. The lowest BCUT2D eigenvalue weighted by molar-refractivity contribution is 0.1000. The second-order valence-electron chi connectivity index (χ2n) is 4.79. The van der Waals surface area contributed by atoms with Gasteiger partial charge in [-0.05, 0) is 36.4 Å². The second kappa shape index (κ2) is 6.07. The first-order valence-electron chi connectivity index (χ1n) is 6.70. The summed E-state index contributed by atoms with van der Waals surface area (Å²) in [5, 5.41) is 0.684. The minimum absolute atomic E-state index is 0.0728. The maximum Gasteiger partial charge on any atom is 0.248 e. The van der Waals surface area contributed by atoms with Gasteiger partial charge in [0, 0.05) is 5.56 Å². The van der Waals surface area contributed by atoms with Crippen LogP contribution < -0.4 is 10.5 Å². The summed E-state index contributed by atoms with van der Waals surface area (Å²) < 4.78 is 28.0. The first kappa shape index (κ1) is 15.6. The lowest BCUT2D eigenvalue weighted by Gasteiger charge is -2.05. The molecule has 0 unspecified atom stereocenters. The average molecular weight is 347 g/mol. The van der Waals surface area contributed by atoms with Gasteiger partial charge in [-0.25, -0.2) is 18.1 Å². The number of aromatic nitrogens is 1. The van der Waals surface area contributed by atoms with Crippen LogP contribution in [0.4, 0.5) is 0 Å². The molecule has 0 bridgehead atoms. The van der Waals surface area contributed by atoms with Crippen LogP contribution in [0.5, 0.6) is 0 Å². The molecule has 0 aliphatic rings. The number of hydrogen-bond donors (Lipinski definition) is 2. The van der Waals surface area contributed by atoms with Gasteiger partial charge in [0.1, 0.15) is 5.01 Å². The van der Waals surface area contributed by atoms with Crippen LogP contribution in [-0.2, 0) is 16.6 Å². The largest absolute Gasteiger partial charge is 0.366 e. The van der Waals surface area contributed by atoms with Crippen LogP contribution >= 0.6 is 11.3 Å². The van der Waals surface area contributed by atoms with Crippen molar-refractivity contribution in [1.29, 1.82) is 0 Å². The van der Waals surface area contributed by atoms with E-state index in [2.05, 4.69) is 9.71 Å². The lowest BCUT2D eigenvalue weighted by atomic mass is 10.2. The monoisotopic (exact) mass is 347 g/mol. The second-order valence-corrected chi connectivity index (χ2v) is 7.67. The van der Waals surface area contributed by atoms with E-state index in [4.69, 9.17) is 5.73 Å². The Morgan fingerprint density at radius 2 is 1.83 bits per heavy atom. The number of nitrogens with one attached hydrogen (secondary N) is 1. The molecule has 0 fully saturated rings. The molecule has 0 aliphatic carbocycles. The maximum atomic E-state index is 12.3. The van der Waals surface area contributed by atoms with Gasteiger partial charge in [0.25, 0.3) is 0 Å². The van der Waals surface area contributed by atoms with Crippen LogP contribution in [0.2, 0.25) is 0 Å². The number of para-hydroxylation sites is 1. The molecule has 0 radical (unpaired) electrons. The molecular formula is C15H13N3O3S2. The molecule has 0 atom stereocenters. The molecule has 3 aromatic rings. The Morgan fingerprint density at radius 3 is 2.48 bits per heavy atom. The zero-order valence-corrected chi connectivity index (χ0v) is 13.5. The van der Waals surface area contributed by atoms with E-state index < -0.39 is 15.9 Å². The zero-order valence-electron chi connectivity index (χ0n) is 11.9. The summed E-state index contributed by atoms with van der Waals surface area (Å²) in [5.41, 5.74) is 6.24. The number of primary amides is 1. The smallest absolute Gasteiger partial charge is 0.248 e. The van der Waals surface area contributed by atoms with Crippen LogP contribution in [0.1, 0.15) is 15.4 Å². The van der Waals surface area contributed by atoms with E-state index in [1.165, 1.54) is 35.6 Å². The van der Waals surface area contributed by atoms with Crippen LogP contribution in [0.25, 0.3) is 10.2 Å². The lowest BCUT2D eigenvalue weighted by Crippen LogP contribution is -2.23. The molecule has 3 N–H and O–H groups in total. The Hall–Kier alpha value is -2.29. The fraction of sp³-hybridized carbons (Fsp3) is 0.0667. The Morgan fingerprint density at radius 1 is 1.13 bits per heavy atom. The molecular weight excluding hydrogens is 334 g/mol. The number of fused-ring (bicyclic) bond motifs is 1. The molecule has 0 aliphatic heterocycles. The number of nitrogens with two attached hydrogens (primary N) is 1. The molecule has 0 saturated carbocycles. The Bertz CT molecular complexity index is 930. The maximum absolute atomic E-state index is 12.3. The van der Waals surface area contributed by atoms with Crippen molar-refractivity contribution < 1.29 is 13.2 Å². The highest BCUT2D eigenvalue weighted by molar-refractivity contribution is 7.89. The average Bonchev–Trinajstić information content (AvgIpc) is 2.96. The summed E-state index contributed by atoms with van der Waals surface area (Å²) in [6.45, 7) is 0.110. The molecule has 23 heavy (non-hydrogen) atoms. The van der Waals surface area contributed by atoms with Gasteiger partial charge in [-0.1, -0.05) is 12.1 Å². The first-order chi connectivity index (χ1) is 11.0. The number of thiazole rings is 1. The minimum atomic E-state index is -3.67. The number of benzene rings is 2. The zero-order chi connectivity index (χ0) is 16.4. The predicted molar refractivity (Wildman–Crippen MR) is 88.6 cm³/mol. The number of rotatable bonds is 5. The molecule has 6 nitrogen and oxygen atoms in total. The first-order valence-corrected chi connectivity index (χ1v) is 9.00. The topological polar surface area (TPSA) is 102 Å². The number of nitrogens with zero attached hydrogens (tertiary/aromatic N) is 1. The summed E-state index contributed by atoms with van der Waals surface area (Å²) in [7, 11) is -3.67.